The molecule has 1 rings (SSSR count). The Morgan fingerprint density at radius 3 is 2.55 bits per heavy atom. The van der Waals surface area contributed by atoms with Crippen molar-refractivity contribution in [1.29, 1.82) is 0 Å². The molecule has 1 aromatic rings. The van der Waals surface area contributed by atoms with Crippen LogP contribution in [0.3, 0.4) is 0 Å². The largest absolute Gasteiger partial charge is 0.447 e. The molecule has 7 heteroatoms. The second-order valence-corrected chi connectivity index (χ2v) is 7.42. The molecule has 6 nitrogen and oxygen atoms in total. The Morgan fingerprint density at radius 2 is 2.00 bits per heavy atom. The van der Waals surface area contributed by atoms with Gasteiger partial charge in [-0.15, -0.1) is 0 Å². The van der Waals surface area contributed by atoms with E-state index in [0.29, 0.717) is 12.3 Å². The molecule has 0 spiro atoms. The van der Waals surface area contributed by atoms with Crippen LogP contribution >= 0.6 is 0 Å². The summed E-state index contributed by atoms with van der Waals surface area (Å²) >= 11 is 0. The Kier molecular flexibility index (Phi) is 5.76. The van der Waals surface area contributed by atoms with Crippen molar-refractivity contribution in [2.75, 3.05) is 13.7 Å². The monoisotopic (exact) mass is 304 g/mol. The summed E-state index contributed by atoms with van der Waals surface area (Å²) < 4.78 is 36.8. The average Bonchev–Trinajstić information content (AvgIpc) is 2.82. The molecule has 2 N–H and O–H groups in total. The summed E-state index contributed by atoms with van der Waals surface area (Å²) in [6.45, 7) is 8.55. The maximum atomic E-state index is 12.0. The third-order valence-electron chi connectivity index (χ3n) is 2.66. The molecule has 116 valence electrons. The lowest BCUT2D eigenvalue weighted by atomic mass is 10.1. The SMILES string of the molecule is COC(C)CNS(=O)(=O)c1ccc(CNC(C)(C)C)o1. The number of rotatable bonds is 7. The van der Waals surface area contributed by atoms with Gasteiger partial charge in [-0.2, -0.15) is 0 Å². The summed E-state index contributed by atoms with van der Waals surface area (Å²) in [5.74, 6) is 0.583. The second-order valence-electron chi connectivity index (χ2n) is 5.72. The number of sulfonamides is 1. The first-order valence-corrected chi connectivity index (χ1v) is 7.98. The van der Waals surface area contributed by atoms with Gasteiger partial charge in [-0.05, 0) is 39.8 Å². The second kappa shape index (κ2) is 6.71. The van der Waals surface area contributed by atoms with Crippen LogP contribution in [0.2, 0.25) is 0 Å². The molecule has 0 saturated heterocycles. The molecule has 0 radical (unpaired) electrons. The molecule has 0 aliphatic heterocycles. The molecule has 1 atom stereocenters. The topological polar surface area (TPSA) is 80.6 Å². The number of nitrogens with one attached hydrogen (secondary N) is 2. The number of hydrogen-bond acceptors (Lipinski definition) is 5. The summed E-state index contributed by atoms with van der Waals surface area (Å²) in [6, 6.07) is 3.12. The summed E-state index contributed by atoms with van der Waals surface area (Å²) in [5.41, 5.74) is -0.0576. The fourth-order valence-corrected chi connectivity index (χ4v) is 2.39. The number of hydrogen-bond donors (Lipinski definition) is 2. The van der Waals surface area contributed by atoms with Gasteiger partial charge in [-0.1, -0.05) is 0 Å². The Morgan fingerprint density at radius 1 is 1.35 bits per heavy atom. The minimum absolute atomic E-state index is 0.0576. The maximum Gasteiger partial charge on any atom is 0.274 e. The Hall–Kier alpha value is -0.890. The van der Waals surface area contributed by atoms with Crippen LogP contribution < -0.4 is 10.0 Å². The lowest BCUT2D eigenvalue weighted by Crippen LogP contribution is -2.34. The van der Waals surface area contributed by atoms with Crippen LogP contribution in [0.15, 0.2) is 21.6 Å². The van der Waals surface area contributed by atoms with E-state index in [1.165, 1.54) is 13.2 Å². The van der Waals surface area contributed by atoms with E-state index in [1.807, 2.05) is 20.8 Å². The Balaban J connectivity index is 2.66. The Labute approximate surface area is 120 Å². The van der Waals surface area contributed by atoms with Gasteiger partial charge in [0.1, 0.15) is 5.76 Å². The molecule has 1 unspecified atom stereocenters. The number of methoxy groups -OCH3 is 1. The standard InChI is InChI=1S/C13H24N2O4S/c1-10(18-5)8-15-20(16,17)12-7-6-11(19-12)9-14-13(2,3)4/h6-7,10,14-15H,8-9H2,1-5H3. The van der Waals surface area contributed by atoms with Crippen molar-refractivity contribution in [2.45, 2.75) is 51.0 Å². The molecule has 0 fully saturated rings. The fourth-order valence-electron chi connectivity index (χ4n) is 1.33. The minimum Gasteiger partial charge on any atom is -0.447 e. The minimum atomic E-state index is -3.62. The zero-order valence-electron chi connectivity index (χ0n) is 12.7. The van der Waals surface area contributed by atoms with Crippen LogP contribution in [0.1, 0.15) is 33.5 Å². The van der Waals surface area contributed by atoms with Gasteiger partial charge in [0.2, 0.25) is 5.09 Å². The number of furan rings is 1. The van der Waals surface area contributed by atoms with Crippen molar-refractivity contribution in [1.82, 2.24) is 10.0 Å². The predicted molar refractivity (Wildman–Crippen MR) is 77.0 cm³/mol. The van der Waals surface area contributed by atoms with Gasteiger partial charge in [-0.25, -0.2) is 13.1 Å². The first kappa shape index (κ1) is 17.2. The molecule has 1 heterocycles. The molecule has 0 amide bonds. The van der Waals surface area contributed by atoms with Gasteiger partial charge >= 0.3 is 0 Å². The summed E-state index contributed by atoms with van der Waals surface area (Å²) in [7, 11) is -2.09. The van der Waals surface area contributed by atoms with Gasteiger partial charge in [0.25, 0.3) is 10.0 Å². The highest BCUT2D eigenvalue weighted by molar-refractivity contribution is 7.89. The molecular formula is C13H24N2O4S. The van der Waals surface area contributed by atoms with Crippen LogP contribution in [0.25, 0.3) is 0 Å². The molecule has 0 aromatic carbocycles. The van der Waals surface area contributed by atoms with Gasteiger partial charge in [0, 0.05) is 19.2 Å². The fraction of sp³-hybridized carbons (Fsp3) is 0.692. The lowest BCUT2D eigenvalue weighted by Gasteiger charge is -2.19. The molecule has 20 heavy (non-hydrogen) atoms. The van der Waals surface area contributed by atoms with Gasteiger partial charge < -0.3 is 14.5 Å². The van der Waals surface area contributed by atoms with Gasteiger partial charge in [0.05, 0.1) is 12.6 Å². The normalized spacial score (nSPS) is 14.4. The van der Waals surface area contributed by atoms with Crippen molar-refractivity contribution < 1.29 is 17.6 Å². The maximum absolute atomic E-state index is 12.0. The quantitative estimate of drug-likeness (QED) is 0.797. The van der Waals surface area contributed by atoms with E-state index in [9.17, 15) is 8.42 Å². The van der Waals surface area contributed by atoms with Crippen LogP contribution in [0, 0.1) is 0 Å². The first-order valence-electron chi connectivity index (χ1n) is 6.50. The van der Waals surface area contributed by atoms with E-state index < -0.39 is 10.0 Å². The zero-order chi connectivity index (χ0) is 15.4. The van der Waals surface area contributed by atoms with Crippen molar-refractivity contribution in [3.05, 3.63) is 17.9 Å². The highest BCUT2D eigenvalue weighted by atomic mass is 32.2. The molecule has 0 aliphatic rings. The van der Waals surface area contributed by atoms with Gasteiger partial charge in [0.15, 0.2) is 0 Å². The van der Waals surface area contributed by atoms with E-state index in [2.05, 4.69) is 10.0 Å². The van der Waals surface area contributed by atoms with Crippen LogP contribution in [0.4, 0.5) is 0 Å². The molecule has 0 aliphatic carbocycles. The number of ether oxygens (including phenoxy) is 1. The van der Waals surface area contributed by atoms with E-state index >= 15 is 0 Å². The first-order chi connectivity index (χ1) is 9.14. The molecule has 0 bridgehead atoms. The van der Waals surface area contributed by atoms with Gasteiger partial charge in [-0.3, -0.25) is 0 Å². The van der Waals surface area contributed by atoms with Crippen LogP contribution in [-0.2, 0) is 21.3 Å². The van der Waals surface area contributed by atoms with E-state index in [1.54, 1.807) is 13.0 Å². The smallest absolute Gasteiger partial charge is 0.274 e. The zero-order valence-corrected chi connectivity index (χ0v) is 13.5. The third kappa shape index (κ3) is 5.62. The van der Waals surface area contributed by atoms with E-state index in [0.717, 1.165) is 0 Å². The highest BCUT2D eigenvalue weighted by Crippen LogP contribution is 2.14. The molecule has 1 aromatic heterocycles. The Bertz CT molecular complexity index is 517. The van der Waals surface area contributed by atoms with Crippen molar-refractivity contribution in [3.63, 3.8) is 0 Å². The summed E-state index contributed by atoms with van der Waals surface area (Å²) in [5, 5.41) is 3.16. The summed E-state index contributed by atoms with van der Waals surface area (Å²) in [4.78, 5) is 0. The van der Waals surface area contributed by atoms with Crippen molar-refractivity contribution >= 4 is 10.0 Å². The molecular weight excluding hydrogens is 280 g/mol. The average molecular weight is 304 g/mol. The summed E-state index contributed by atoms with van der Waals surface area (Å²) in [6.07, 6.45) is -0.193. The third-order valence-corrected chi connectivity index (χ3v) is 3.95. The predicted octanol–water partition coefficient (Wildman–Crippen LogP) is 1.48. The highest BCUT2D eigenvalue weighted by Gasteiger charge is 2.20. The van der Waals surface area contributed by atoms with E-state index in [4.69, 9.17) is 9.15 Å². The van der Waals surface area contributed by atoms with Crippen LogP contribution in [0.5, 0.6) is 0 Å². The van der Waals surface area contributed by atoms with Crippen molar-refractivity contribution in [2.24, 2.45) is 0 Å². The lowest BCUT2D eigenvalue weighted by molar-refractivity contribution is 0.122. The van der Waals surface area contributed by atoms with E-state index in [-0.39, 0.29) is 23.3 Å². The van der Waals surface area contributed by atoms with Crippen molar-refractivity contribution in [3.8, 4) is 0 Å². The van der Waals surface area contributed by atoms with Crippen LogP contribution in [-0.4, -0.2) is 33.7 Å². The molecule has 0 saturated carbocycles.